The number of aromatic nitrogens is 1. The quantitative estimate of drug-likeness (QED) is 0.595. The zero-order valence-corrected chi connectivity index (χ0v) is 13.5. The van der Waals surface area contributed by atoms with E-state index in [4.69, 9.17) is 27.9 Å². The van der Waals surface area contributed by atoms with Crippen molar-refractivity contribution in [3.63, 3.8) is 0 Å². The standard InChI is InChI=1S/C14H9Cl2NOS2/c1-18-9-4-2-3-8(5-9)14-17-11(7-19-14)10-6-12(15)20-13(10)16/h2-7H,1H3. The van der Waals surface area contributed by atoms with Crippen LogP contribution in [-0.2, 0) is 0 Å². The summed E-state index contributed by atoms with van der Waals surface area (Å²) in [6, 6.07) is 9.67. The van der Waals surface area contributed by atoms with Crippen LogP contribution in [0.2, 0.25) is 8.67 Å². The van der Waals surface area contributed by atoms with Crippen molar-refractivity contribution in [1.82, 2.24) is 4.98 Å². The third kappa shape index (κ3) is 2.69. The van der Waals surface area contributed by atoms with Crippen LogP contribution >= 0.6 is 45.9 Å². The molecule has 3 rings (SSSR count). The van der Waals surface area contributed by atoms with Crippen LogP contribution in [0.3, 0.4) is 0 Å². The van der Waals surface area contributed by atoms with Crippen molar-refractivity contribution in [2.75, 3.05) is 7.11 Å². The Bertz CT molecular complexity index is 751. The summed E-state index contributed by atoms with van der Waals surface area (Å²) < 4.78 is 6.56. The molecule has 0 radical (unpaired) electrons. The highest BCUT2D eigenvalue weighted by Gasteiger charge is 2.13. The van der Waals surface area contributed by atoms with Crippen molar-refractivity contribution in [2.24, 2.45) is 0 Å². The smallest absolute Gasteiger partial charge is 0.124 e. The average Bonchev–Trinajstić information content (AvgIpc) is 3.05. The fraction of sp³-hybridized carbons (Fsp3) is 0.0714. The largest absolute Gasteiger partial charge is 0.497 e. The number of nitrogens with zero attached hydrogens (tertiary/aromatic N) is 1. The number of ether oxygens (including phenoxy) is 1. The third-order valence-corrected chi connectivity index (χ3v) is 5.13. The maximum atomic E-state index is 6.16. The minimum absolute atomic E-state index is 0.664. The van der Waals surface area contributed by atoms with Gasteiger partial charge in [-0.2, -0.15) is 0 Å². The summed E-state index contributed by atoms with van der Waals surface area (Å²) >= 11 is 15.1. The van der Waals surface area contributed by atoms with Crippen molar-refractivity contribution in [3.8, 4) is 27.6 Å². The summed E-state index contributed by atoms with van der Waals surface area (Å²) in [5, 5.41) is 2.91. The fourth-order valence-electron chi connectivity index (χ4n) is 1.80. The molecule has 0 fully saturated rings. The second-order valence-electron chi connectivity index (χ2n) is 4.01. The molecule has 2 heterocycles. The van der Waals surface area contributed by atoms with Crippen molar-refractivity contribution in [2.45, 2.75) is 0 Å². The van der Waals surface area contributed by atoms with E-state index in [1.54, 1.807) is 18.4 Å². The van der Waals surface area contributed by atoms with Crippen LogP contribution in [0.25, 0.3) is 21.8 Å². The van der Waals surface area contributed by atoms with E-state index in [1.807, 2.05) is 35.7 Å². The first-order chi connectivity index (χ1) is 9.67. The predicted molar refractivity (Wildman–Crippen MR) is 87.4 cm³/mol. The van der Waals surface area contributed by atoms with Crippen LogP contribution < -0.4 is 4.74 Å². The van der Waals surface area contributed by atoms with Gasteiger partial charge in [0.2, 0.25) is 0 Å². The fourth-order valence-corrected chi connectivity index (χ4v) is 4.10. The Hall–Kier alpha value is -1.07. The molecule has 0 aliphatic carbocycles. The van der Waals surface area contributed by atoms with E-state index in [0.29, 0.717) is 8.67 Å². The number of thiophene rings is 1. The van der Waals surface area contributed by atoms with Crippen molar-refractivity contribution in [3.05, 3.63) is 44.4 Å². The van der Waals surface area contributed by atoms with E-state index >= 15 is 0 Å². The number of benzene rings is 1. The van der Waals surface area contributed by atoms with Gasteiger partial charge in [0.15, 0.2) is 0 Å². The number of halogens is 2. The molecule has 6 heteroatoms. The second-order valence-corrected chi connectivity index (χ2v) is 7.15. The molecule has 0 saturated heterocycles. The van der Waals surface area contributed by atoms with E-state index in [9.17, 15) is 0 Å². The first kappa shape index (κ1) is 13.9. The summed E-state index contributed by atoms with van der Waals surface area (Å²) in [5.41, 5.74) is 2.76. The van der Waals surface area contributed by atoms with Crippen LogP contribution in [0.5, 0.6) is 5.75 Å². The molecule has 0 amide bonds. The molecular weight excluding hydrogens is 333 g/mol. The lowest BCUT2D eigenvalue weighted by Gasteiger charge is -2.01. The highest BCUT2D eigenvalue weighted by molar-refractivity contribution is 7.20. The molecule has 1 aromatic carbocycles. The Balaban J connectivity index is 1.99. The molecule has 0 atom stereocenters. The van der Waals surface area contributed by atoms with E-state index in [2.05, 4.69) is 4.98 Å². The summed E-state index contributed by atoms with van der Waals surface area (Å²) in [5.74, 6) is 0.816. The van der Waals surface area contributed by atoms with Crippen LogP contribution in [0.15, 0.2) is 35.7 Å². The van der Waals surface area contributed by atoms with Crippen LogP contribution in [0.4, 0.5) is 0 Å². The maximum absolute atomic E-state index is 6.16. The molecule has 0 saturated carbocycles. The molecule has 0 aliphatic rings. The number of hydrogen-bond acceptors (Lipinski definition) is 4. The highest BCUT2D eigenvalue weighted by atomic mass is 35.5. The summed E-state index contributed by atoms with van der Waals surface area (Å²) in [6.07, 6.45) is 0. The van der Waals surface area contributed by atoms with Gasteiger partial charge in [0.25, 0.3) is 0 Å². The minimum Gasteiger partial charge on any atom is -0.497 e. The molecule has 102 valence electrons. The number of rotatable bonds is 3. The average molecular weight is 342 g/mol. The molecule has 20 heavy (non-hydrogen) atoms. The topological polar surface area (TPSA) is 22.1 Å². The Labute approximate surface area is 134 Å². The van der Waals surface area contributed by atoms with Gasteiger partial charge in [-0.05, 0) is 18.2 Å². The van der Waals surface area contributed by atoms with Crippen LogP contribution in [0, 0.1) is 0 Å². The first-order valence-electron chi connectivity index (χ1n) is 5.72. The lowest BCUT2D eigenvalue weighted by molar-refractivity contribution is 0.415. The molecule has 2 nitrogen and oxygen atoms in total. The predicted octanol–water partition coefficient (Wildman–Crippen LogP) is 5.85. The lowest BCUT2D eigenvalue weighted by atomic mass is 10.2. The van der Waals surface area contributed by atoms with E-state index in [1.165, 1.54) is 11.3 Å². The van der Waals surface area contributed by atoms with Crippen molar-refractivity contribution in [1.29, 1.82) is 0 Å². The maximum Gasteiger partial charge on any atom is 0.124 e. The Morgan fingerprint density at radius 2 is 2.05 bits per heavy atom. The van der Waals surface area contributed by atoms with Crippen molar-refractivity contribution < 1.29 is 4.74 Å². The van der Waals surface area contributed by atoms with Gasteiger partial charge in [0.1, 0.15) is 15.1 Å². The minimum atomic E-state index is 0.664. The Kier molecular flexibility index (Phi) is 3.98. The van der Waals surface area contributed by atoms with E-state index in [0.717, 1.165) is 27.6 Å². The van der Waals surface area contributed by atoms with E-state index < -0.39 is 0 Å². The van der Waals surface area contributed by atoms with Gasteiger partial charge in [-0.3, -0.25) is 0 Å². The third-order valence-electron chi connectivity index (χ3n) is 2.75. The molecule has 0 N–H and O–H groups in total. The SMILES string of the molecule is COc1cccc(-c2nc(-c3cc(Cl)sc3Cl)cs2)c1. The Morgan fingerprint density at radius 1 is 1.20 bits per heavy atom. The molecular formula is C14H9Cl2NOS2. The van der Waals surface area contributed by atoms with Gasteiger partial charge >= 0.3 is 0 Å². The second kappa shape index (κ2) is 5.74. The highest BCUT2D eigenvalue weighted by Crippen LogP contribution is 2.39. The summed E-state index contributed by atoms with van der Waals surface area (Å²) in [7, 11) is 1.65. The molecule has 2 aromatic heterocycles. The lowest BCUT2D eigenvalue weighted by Crippen LogP contribution is -1.83. The van der Waals surface area contributed by atoms with Crippen LogP contribution in [-0.4, -0.2) is 12.1 Å². The van der Waals surface area contributed by atoms with Gasteiger partial charge in [-0.1, -0.05) is 35.3 Å². The number of hydrogen-bond donors (Lipinski definition) is 0. The Morgan fingerprint density at radius 3 is 2.75 bits per heavy atom. The summed E-state index contributed by atoms with van der Waals surface area (Å²) in [4.78, 5) is 4.63. The number of methoxy groups -OCH3 is 1. The number of thiazole rings is 1. The van der Waals surface area contributed by atoms with Gasteiger partial charge in [0, 0.05) is 16.5 Å². The molecule has 3 aromatic rings. The monoisotopic (exact) mass is 341 g/mol. The molecule has 0 unspecified atom stereocenters. The molecule has 0 spiro atoms. The van der Waals surface area contributed by atoms with Crippen molar-refractivity contribution >= 4 is 45.9 Å². The van der Waals surface area contributed by atoms with Gasteiger partial charge in [-0.25, -0.2) is 4.98 Å². The summed E-state index contributed by atoms with van der Waals surface area (Å²) in [6.45, 7) is 0. The molecule has 0 bridgehead atoms. The zero-order chi connectivity index (χ0) is 14.1. The van der Waals surface area contributed by atoms with Gasteiger partial charge < -0.3 is 4.74 Å². The van der Waals surface area contributed by atoms with Gasteiger partial charge in [-0.15, -0.1) is 22.7 Å². The molecule has 0 aliphatic heterocycles. The normalized spacial score (nSPS) is 10.8. The van der Waals surface area contributed by atoms with Gasteiger partial charge in [0.05, 0.1) is 17.1 Å². The van der Waals surface area contributed by atoms with Crippen LogP contribution in [0.1, 0.15) is 0 Å². The zero-order valence-electron chi connectivity index (χ0n) is 10.4. The first-order valence-corrected chi connectivity index (χ1v) is 8.18. The van der Waals surface area contributed by atoms with E-state index in [-0.39, 0.29) is 0 Å².